The summed E-state index contributed by atoms with van der Waals surface area (Å²) in [6, 6.07) is 5.89. The van der Waals surface area contributed by atoms with Crippen molar-refractivity contribution in [2.75, 3.05) is 0 Å². The Bertz CT molecular complexity index is 276. The molecule has 0 amide bonds. The Morgan fingerprint density at radius 2 is 1.83 bits per heavy atom. The molecule has 2 N–H and O–H groups in total. The van der Waals surface area contributed by atoms with Crippen LogP contribution >= 0.6 is 0 Å². The Kier molecular flexibility index (Phi) is 2.45. The number of carbonyl (C=O) groups excluding carboxylic acids is 1. The molecule has 0 unspecified atom stereocenters. The second-order valence-electron chi connectivity index (χ2n) is 2.60. The summed E-state index contributed by atoms with van der Waals surface area (Å²) in [7, 11) is 0. The van der Waals surface area contributed by atoms with Crippen molar-refractivity contribution in [2.24, 2.45) is 0 Å². The van der Waals surface area contributed by atoms with Crippen LogP contribution < -0.4 is 0 Å². The van der Waals surface area contributed by atoms with Gasteiger partial charge in [0.1, 0.15) is 11.9 Å². The van der Waals surface area contributed by atoms with Crippen molar-refractivity contribution in [1.82, 2.24) is 0 Å². The van der Waals surface area contributed by atoms with Gasteiger partial charge in [-0.3, -0.25) is 4.79 Å². The monoisotopic (exact) mass is 166 g/mol. The van der Waals surface area contributed by atoms with Gasteiger partial charge in [-0.2, -0.15) is 0 Å². The molecule has 3 nitrogen and oxygen atoms in total. The number of phenolic OH excluding ortho intramolecular Hbond substituents is 1. The molecule has 0 saturated carbocycles. The van der Waals surface area contributed by atoms with Crippen molar-refractivity contribution in [1.29, 1.82) is 0 Å². The second kappa shape index (κ2) is 3.36. The lowest BCUT2D eigenvalue weighted by molar-refractivity contribution is -0.125. The van der Waals surface area contributed by atoms with Crippen molar-refractivity contribution in [3.05, 3.63) is 29.8 Å². The molecule has 1 atom stereocenters. The summed E-state index contributed by atoms with van der Waals surface area (Å²) in [6.07, 6.45) is -1.08. The van der Waals surface area contributed by atoms with E-state index < -0.39 is 6.10 Å². The fraction of sp³-hybridized carbons (Fsp3) is 0.222. The zero-order chi connectivity index (χ0) is 9.14. The van der Waals surface area contributed by atoms with Crippen molar-refractivity contribution in [3.63, 3.8) is 0 Å². The molecule has 0 aliphatic rings. The second-order valence-corrected chi connectivity index (χ2v) is 2.60. The fourth-order valence-corrected chi connectivity index (χ4v) is 0.891. The highest BCUT2D eigenvalue weighted by molar-refractivity contribution is 5.81. The van der Waals surface area contributed by atoms with E-state index in [9.17, 15) is 9.90 Å². The lowest BCUT2D eigenvalue weighted by atomic mass is 10.1. The number of hydrogen-bond acceptors (Lipinski definition) is 3. The first kappa shape index (κ1) is 8.74. The van der Waals surface area contributed by atoms with Crippen LogP contribution in [-0.2, 0) is 4.79 Å². The largest absolute Gasteiger partial charge is 0.508 e. The topological polar surface area (TPSA) is 57.5 Å². The van der Waals surface area contributed by atoms with Crippen LogP contribution in [0.15, 0.2) is 24.3 Å². The molecule has 0 heterocycles. The van der Waals surface area contributed by atoms with E-state index in [1.807, 2.05) is 0 Å². The minimum Gasteiger partial charge on any atom is -0.508 e. The summed E-state index contributed by atoms with van der Waals surface area (Å²) >= 11 is 0. The van der Waals surface area contributed by atoms with Crippen LogP contribution in [0.5, 0.6) is 5.75 Å². The van der Waals surface area contributed by atoms with Gasteiger partial charge >= 0.3 is 0 Å². The lowest BCUT2D eigenvalue weighted by Gasteiger charge is -2.05. The van der Waals surface area contributed by atoms with Crippen molar-refractivity contribution >= 4 is 5.78 Å². The number of rotatable bonds is 2. The van der Waals surface area contributed by atoms with Gasteiger partial charge in [-0.25, -0.2) is 0 Å². The molecular formula is C9H10O3. The summed E-state index contributed by atoms with van der Waals surface area (Å²) in [5.41, 5.74) is 0.500. The summed E-state index contributed by atoms with van der Waals surface area (Å²) in [5.74, 6) is -0.185. The third-order valence-electron chi connectivity index (χ3n) is 1.59. The molecule has 0 radical (unpaired) electrons. The van der Waals surface area contributed by atoms with Crippen LogP contribution in [0.3, 0.4) is 0 Å². The average Bonchev–Trinajstić information content (AvgIpc) is 2.04. The zero-order valence-corrected chi connectivity index (χ0v) is 6.69. The maximum absolute atomic E-state index is 10.7. The van der Waals surface area contributed by atoms with Gasteiger partial charge in [0.15, 0.2) is 5.78 Å². The maximum atomic E-state index is 10.7. The highest BCUT2D eigenvalue weighted by Gasteiger charge is 2.11. The molecular weight excluding hydrogens is 156 g/mol. The number of aromatic hydroxyl groups is 1. The predicted octanol–water partition coefficient (Wildman–Crippen LogP) is 1.01. The fourth-order valence-electron chi connectivity index (χ4n) is 0.891. The number of phenols is 1. The Labute approximate surface area is 70.3 Å². The van der Waals surface area contributed by atoms with Gasteiger partial charge in [-0.1, -0.05) is 12.1 Å². The first-order chi connectivity index (χ1) is 5.61. The standard InChI is InChI=1S/C9H10O3/c1-6(10)9(12)7-2-4-8(11)5-3-7/h2-5,9,11-12H,1H3/t9-/m1/s1. The summed E-state index contributed by atoms with van der Waals surface area (Å²) in [4.78, 5) is 10.7. The van der Waals surface area contributed by atoms with Crippen LogP contribution in [0, 0.1) is 0 Å². The number of hydrogen-bond donors (Lipinski definition) is 2. The number of ketones is 1. The third-order valence-corrected chi connectivity index (χ3v) is 1.59. The Hall–Kier alpha value is -1.35. The molecule has 12 heavy (non-hydrogen) atoms. The molecule has 0 aliphatic heterocycles. The SMILES string of the molecule is CC(=O)[C@@H](O)c1ccc(O)cc1. The maximum Gasteiger partial charge on any atom is 0.162 e. The number of carbonyl (C=O) groups is 1. The number of aliphatic hydroxyl groups is 1. The Morgan fingerprint density at radius 3 is 2.25 bits per heavy atom. The quantitative estimate of drug-likeness (QED) is 0.689. The molecule has 0 bridgehead atoms. The van der Waals surface area contributed by atoms with E-state index in [0.29, 0.717) is 5.56 Å². The van der Waals surface area contributed by atoms with E-state index >= 15 is 0 Å². The summed E-state index contributed by atoms with van der Waals surface area (Å²) < 4.78 is 0. The van der Waals surface area contributed by atoms with E-state index in [2.05, 4.69) is 0 Å². The normalized spacial score (nSPS) is 12.5. The van der Waals surface area contributed by atoms with Gasteiger partial charge in [-0.15, -0.1) is 0 Å². The number of benzene rings is 1. The molecule has 0 spiro atoms. The summed E-state index contributed by atoms with van der Waals surface area (Å²) in [5, 5.41) is 18.2. The molecule has 3 heteroatoms. The first-order valence-electron chi connectivity index (χ1n) is 3.58. The van der Waals surface area contributed by atoms with Gasteiger partial charge in [0.2, 0.25) is 0 Å². The molecule has 0 aliphatic carbocycles. The van der Waals surface area contributed by atoms with E-state index in [1.165, 1.54) is 31.2 Å². The van der Waals surface area contributed by atoms with Crippen LogP contribution in [0.1, 0.15) is 18.6 Å². The highest BCUT2D eigenvalue weighted by Crippen LogP contribution is 2.16. The molecule has 1 rings (SSSR count). The molecule has 0 fully saturated rings. The summed E-state index contributed by atoms with van der Waals surface area (Å²) in [6.45, 7) is 1.32. The van der Waals surface area contributed by atoms with Gasteiger partial charge in [-0.05, 0) is 24.6 Å². The van der Waals surface area contributed by atoms with Crippen LogP contribution in [-0.4, -0.2) is 16.0 Å². The average molecular weight is 166 g/mol. The molecule has 64 valence electrons. The molecule has 0 saturated heterocycles. The van der Waals surface area contributed by atoms with Gasteiger partial charge in [0, 0.05) is 0 Å². The zero-order valence-electron chi connectivity index (χ0n) is 6.69. The van der Waals surface area contributed by atoms with E-state index in [0.717, 1.165) is 0 Å². The minimum absolute atomic E-state index is 0.120. The highest BCUT2D eigenvalue weighted by atomic mass is 16.3. The van der Waals surface area contributed by atoms with Crippen LogP contribution in [0.2, 0.25) is 0 Å². The van der Waals surface area contributed by atoms with Crippen molar-refractivity contribution in [2.45, 2.75) is 13.0 Å². The van der Waals surface area contributed by atoms with Crippen molar-refractivity contribution in [3.8, 4) is 5.75 Å². The van der Waals surface area contributed by atoms with Gasteiger partial charge < -0.3 is 10.2 Å². The van der Waals surface area contributed by atoms with Gasteiger partial charge in [0.25, 0.3) is 0 Å². The van der Waals surface area contributed by atoms with E-state index in [4.69, 9.17) is 5.11 Å². The molecule has 0 aromatic heterocycles. The van der Waals surface area contributed by atoms with Crippen LogP contribution in [0.25, 0.3) is 0 Å². The van der Waals surface area contributed by atoms with Crippen LogP contribution in [0.4, 0.5) is 0 Å². The Morgan fingerprint density at radius 1 is 1.33 bits per heavy atom. The third kappa shape index (κ3) is 1.83. The smallest absolute Gasteiger partial charge is 0.162 e. The number of aliphatic hydroxyl groups excluding tert-OH is 1. The van der Waals surface area contributed by atoms with E-state index in [-0.39, 0.29) is 11.5 Å². The van der Waals surface area contributed by atoms with E-state index in [1.54, 1.807) is 0 Å². The molecule has 1 aromatic rings. The predicted molar refractivity (Wildman–Crippen MR) is 43.7 cm³/mol. The van der Waals surface area contributed by atoms with Gasteiger partial charge in [0.05, 0.1) is 0 Å². The van der Waals surface area contributed by atoms with Crippen molar-refractivity contribution < 1.29 is 15.0 Å². The minimum atomic E-state index is -1.08. The lowest BCUT2D eigenvalue weighted by Crippen LogP contribution is -2.06. The number of Topliss-reactive ketones (excluding diaryl/α,β-unsaturated/α-hetero) is 1. The Balaban J connectivity index is 2.89. The molecule has 1 aromatic carbocycles. The first-order valence-corrected chi connectivity index (χ1v) is 3.58.